The summed E-state index contributed by atoms with van der Waals surface area (Å²) < 4.78 is 5.28. The lowest BCUT2D eigenvalue weighted by molar-refractivity contribution is 0.181. The van der Waals surface area contributed by atoms with E-state index in [0.29, 0.717) is 6.61 Å². The van der Waals surface area contributed by atoms with Crippen LogP contribution in [0.2, 0.25) is 0 Å². The Morgan fingerprint density at radius 2 is 1.76 bits per heavy atom. The predicted molar refractivity (Wildman–Crippen MR) is 97.9 cm³/mol. The summed E-state index contributed by atoms with van der Waals surface area (Å²) in [4.78, 5) is 14.1. The summed E-state index contributed by atoms with van der Waals surface area (Å²) in [6.45, 7) is 10.6. The normalized spacial score (nSPS) is 15.5. The zero-order valence-electron chi connectivity index (χ0n) is 15.4. The van der Waals surface area contributed by atoms with Gasteiger partial charge in [-0.2, -0.15) is 10.2 Å². The highest BCUT2D eigenvalue weighted by Crippen LogP contribution is 2.24. The van der Waals surface area contributed by atoms with Gasteiger partial charge in [0.2, 0.25) is 0 Å². The fourth-order valence-corrected chi connectivity index (χ4v) is 2.87. The van der Waals surface area contributed by atoms with Gasteiger partial charge in [-0.1, -0.05) is 20.8 Å². The summed E-state index contributed by atoms with van der Waals surface area (Å²) in [5, 5.41) is 7.81. The fraction of sp³-hybridized carbons (Fsp3) is 0.556. The molecule has 25 heavy (non-hydrogen) atoms. The monoisotopic (exact) mass is 342 g/mol. The van der Waals surface area contributed by atoms with Crippen molar-refractivity contribution in [2.45, 2.75) is 32.8 Å². The Balaban J connectivity index is 1.77. The summed E-state index contributed by atoms with van der Waals surface area (Å²) in [5.74, 6) is 1.84. The van der Waals surface area contributed by atoms with Crippen LogP contribution in [0.25, 0.3) is 0 Å². The van der Waals surface area contributed by atoms with Gasteiger partial charge < -0.3 is 14.5 Å². The van der Waals surface area contributed by atoms with E-state index in [1.807, 2.05) is 18.3 Å². The van der Waals surface area contributed by atoms with Crippen LogP contribution in [0.15, 0.2) is 24.5 Å². The van der Waals surface area contributed by atoms with E-state index in [1.54, 1.807) is 13.3 Å². The molecule has 0 atom stereocenters. The average molecular weight is 342 g/mol. The summed E-state index contributed by atoms with van der Waals surface area (Å²) in [6.07, 6.45) is 3.55. The van der Waals surface area contributed by atoms with Crippen LogP contribution >= 0.6 is 0 Å². The van der Waals surface area contributed by atoms with Crippen molar-refractivity contribution < 1.29 is 4.74 Å². The molecule has 0 spiro atoms. The van der Waals surface area contributed by atoms with Crippen LogP contribution in [-0.4, -0.2) is 53.5 Å². The highest BCUT2D eigenvalue weighted by atomic mass is 16.5. The van der Waals surface area contributed by atoms with Crippen LogP contribution in [0.1, 0.15) is 32.3 Å². The maximum atomic E-state index is 5.28. The van der Waals surface area contributed by atoms with Gasteiger partial charge in [-0.25, -0.2) is 9.97 Å². The number of hydrogen-bond donors (Lipinski definition) is 0. The molecule has 1 aliphatic heterocycles. The Morgan fingerprint density at radius 3 is 2.36 bits per heavy atom. The molecule has 2 aromatic rings. The molecule has 1 saturated heterocycles. The lowest BCUT2D eigenvalue weighted by atomic mass is 9.95. The minimum Gasteiger partial charge on any atom is -0.378 e. The molecule has 0 N–H and O–H groups in total. The predicted octanol–water partition coefficient (Wildman–Crippen LogP) is 2.04. The van der Waals surface area contributed by atoms with Crippen LogP contribution in [0, 0.1) is 0 Å². The Morgan fingerprint density at radius 1 is 1.04 bits per heavy atom. The zero-order valence-corrected chi connectivity index (χ0v) is 15.4. The molecule has 0 bridgehead atoms. The van der Waals surface area contributed by atoms with E-state index >= 15 is 0 Å². The summed E-state index contributed by atoms with van der Waals surface area (Å²) in [7, 11) is 1.69. The first-order chi connectivity index (χ1) is 12.0. The van der Waals surface area contributed by atoms with E-state index < -0.39 is 0 Å². The van der Waals surface area contributed by atoms with Crippen LogP contribution in [0.5, 0.6) is 0 Å². The van der Waals surface area contributed by atoms with E-state index in [1.165, 1.54) is 0 Å². The molecule has 134 valence electrons. The number of hydrogen-bond acceptors (Lipinski definition) is 7. The van der Waals surface area contributed by atoms with Gasteiger partial charge in [0.05, 0.1) is 30.4 Å². The molecule has 1 aliphatic rings. The molecular formula is C18H26N6O. The van der Waals surface area contributed by atoms with Gasteiger partial charge in [0.25, 0.3) is 0 Å². The number of piperazine rings is 1. The number of anilines is 2. The highest BCUT2D eigenvalue weighted by molar-refractivity contribution is 5.47. The summed E-state index contributed by atoms with van der Waals surface area (Å²) >= 11 is 0. The largest absolute Gasteiger partial charge is 0.378 e. The van der Waals surface area contributed by atoms with Crippen molar-refractivity contribution in [2.24, 2.45) is 0 Å². The number of nitrogens with zero attached hydrogens (tertiary/aromatic N) is 6. The molecule has 0 saturated carbocycles. The first-order valence-corrected chi connectivity index (χ1v) is 8.61. The second kappa shape index (κ2) is 7.31. The molecule has 3 rings (SSSR count). The molecular weight excluding hydrogens is 316 g/mol. The van der Waals surface area contributed by atoms with Crippen molar-refractivity contribution >= 4 is 11.5 Å². The maximum absolute atomic E-state index is 5.28. The van der Waals surface area contributed by atoms with Crippen molar-refractivity contribution in [1.82, 2.24) is 20.2 Å². The third-order valence-corrected chi connectivity index (χ3v) is 4.27. The first-order valence-electron chi connectivity index (χ1n) is 8.61. The van der Waals surface area contributed by atoms with Crippen molar-refractivity contribution in [3.8, 4) is 0 Å². The van der Waals surface area contributed by atoms with Crippen molar-refractivity contribution in [3.63, 3.8) is 0 Å². The standard InChI is InChI=1S/C18H26N6O/c1-18(2,3)17-21-14(13-25-4)11-16(22-17)24-9-7-23(8-10-24)15-5-6-19-20-12-15/h5-6,11-12H,7-10,13H2,1-4H3. The van der Waals surface area contributed by atoms with E-state index in [-0.39, 0.29) is 5.41 Å². The van der Waals surface area contributed by atoms with Gasteiger partial charge in [-0.05, 0) is 6.07 Å². The highest BCUT2D eigenvalue weighted by Gasteiger charge is 2.23. The van der Waals surface area contributed by atoms with Crippen molar-refractivity contribution in [2.75, 3.05) is 43.1 Å². The van der Waals surface area contributed by atoms with Crippen LogP contribution < -0.4 is 9.80 Å². The smallest absolute Gasteiger partial charge is 0.136 e. The quantitative estimate of drug-likeness (QED) is 0.842. The van der Waals surface area contributed by atoms with Gasteiger partial charge in [-0.15, -0.1) is 0 Å². The average Bonchev–Trinajstić information content (AvgIpc) is 2.62. The number of aromatic nitrogens is 4. The van der Waals surface area contributed by atoms with Gasteiger partial charge in [-0.3, -0.25) is 0 Å². The van der Waals surface area contributed by atoms with Crippen molar-refractivity contribution in [1.29, 1.82) is 0 Å². The Bertz CT molecular complexity index is 692. The van der Waals surface area contributed by atoms with E-state index in [0.717, 1.165) is 49.2 Å². The minimum absolute atomic E-state index is 0.0942. The van der Waals surface area contributed by atoms with Crippen LogP contribution in [0.4, 0.5) is 11.5 Å². The molecule has 1 fully saturated rings. The van der Waals surface area contributed by atoms with Gasteiger partial charge in [0.15, 0.2) is 0 Å². The van der Waals surface area contributed by atoms with Gasteiger partial charge >= 0.3 is 0 Å². The van der Waals surface area contributed by atoms with Crippen LogP contribution in [0.3, 0.4) is 0 Å². The topological polar surface area (TPSA) is 67.3 Å². The first kappa shape index (κ1) is 17.5. The van der Waals surface area contributed by atoms with E-state index in [4.69, 9.17) is 9.72 Å². The van der Waals surface area contributed by atoms with Gasteiger partial charge in [0, 0.05) is 44.8 Å². The van der Waals surface area contributed by atoms with E-state index in [2.05, 4.69) is 45.8 Å². The number of rotatable bonds is 4. The molecule has 0 aliphatic carbocycles. The molecule has 0 radical (unpaired) electrons. The maximum Gasteiger partial charge on any atom is 0.136 e. The zero-order chi connectivity index (χ0) is 17.9. The number of ether oxygens (including phenoxy) is 1. The molecule has 0 aromatic carbocycles. The van der Waals surface area contributed by atoms with Crippen LogP contribution in [-0.2, 0) is 16.8 Å². The third-order valence-electron chi connectivity index (χ3n) is 4.27. The lowest BCUT2D eigenvalue weighted by Gasteiger charge is -2.37. The second-order valence-electron chi connectivity index (χ2n) is 7.30. The molecule has 7 nitrogen and oxygen atoms in total. The summed E-state index contributed by atoms with van der Waals surface area (Å²) in [5.41, 5.74) is 1.95. The SMILES string of the molecule is COCc1cc(N2CCN(c3ccnnc3)CC2)nc(C(C)(C)C)n1. The fourth-order valence-electron chi connectivity index (χ4n) is 2.87. The summed E-state index contributed by atoms with van der Waals surface area (Å²) in [6, 6.07) is 4.05. The Labute approximate surface area is 149 Å². The molecule has 7 heteroatoms. The van der Waals surface area contributed by atoms with E-state index in [9.17, 15) is 0 Å². The molecule has 2 aromatic heterocycles. The Hall–Kier alpha value is -2.28. The third kappa shape index (κ3) is 4.22. The van der Waals surface area contributed by atoms with Crippen molar-refractivity contribution in [3.05, 3.63) is 36.0 Å². The Kier molecular flexibility index (Phi) is 5.13. The second-order valence-corrected chi connectivity index (χ2v) is 7.30. The minimum atomic E-state index is -0.0942. The van der Waals surface area contributed by atoms with Gasteiger partial charge in [0.1, 0.15) is 11.6 Å². The lowest BCUT2D eigenvalue weighted by Crippen LogP contribution is -2.47. The molecule has 0 amide bonds. The number of methoxy groups -OCH3 is 1. The molecule has 3 heterocycles. The molecule has 0 unspecified atom stereocenters.